The molecule has 0 unspecified atom stereocenters. The van der Waals surface area contributed by atoms with Gasteiger partial charge in [0.2, 0.25) is 0 Å². The third-order valence-electron chi connectivity index (χ3n) is 2.74. The summed E-state index contributed by atoms with van der Waals surface area (Å²) in [5.41, 5.74) is 2.10. The molecule has 1 amide bonds. The summed E-state index contributed by atoms with van der Waals surface area (Å²) in [6.07, 6.45) is 2.36. The van der Waals surface area contributed by atoms with Gasteiger partial charge in [-0.05, 0) is 31.5 Å². The number of fused-ring (bicyclic) bond motifs is 1. The first-order valence-electron chi connectivity index (χ1n) is 6.88. The van der Waals surface area contributed by atoms with Gasteiger partial charge in [-0.15, -0.1) is 0 Å². The van der Waals surface area contributed by atoms with Crippen LogP contribution in [-0.4, -0.2) is 28.9 Å². The Bertz CT molecular complexity index is 520. The maximum absolute atomic E-state index is 12.2. The van der Waals surface area contributed by atoms with E-state index in [9.17, 15) is 4.79 Å². The fourth-order valence-electron chi connectivity index (χ4n) is 1.85. The molecule has 0 radical (unpaired) electrons. The van der Waals surface area contributed by atoms with Crippen molar-refractivity contribution in [1.29, 1.82) is 0 Å². The van der Waals surface area contributed by atoms with Crippen molar-refractivity contribution in [2.45, 2.75) is 34.1 Å². The zero-order valence-corrected chi connectivity index (χ0v) is 12.1. The lowest BCUT2D eigenvalue weighted by Crippen LogP contribution is -2.31. The summed E-state index contributed by atoms with van der Waals surface area (Å²) in [5.74, 6) is 0.0549. The molecular weight excluding hydrogens is 240 g/mol. The molecule has 0 aliphatic carbocycles. The number of benzene rings is 1. The number of nitrogens with zero attached hydrogens (tertiary/aromatic N) is 2. The second-order valence-corrected chi connectivity index (χ2v) is 3.92. The highest BCUT2D eigenvalue weighted by molar-refractivity contribution is 5.97. The largest absolute Gasteiger partial charge is 0.443 e. The Hall–Kier alpha value is -1.84. The molecule has 1 heterocycles. The van der Waals surface area contributed by atoms with E-state index in [1.807, 2.05) is 25.7 Å². The van der Waals surface area contributed by atoms with Gasteiger partial charge in [-0.1, -0.05) is 20.8 Å². The van der Waals surface area contributed by atoms with Crippen molar-refractivity contribution in [3.8, 4) is 0 Å². The number of amides is 1. The fourth-order valence-corrected chi connectivity index (χ4v) is 1.85. The van der Waals surface area contributed by atoms with Crippen molar-refractivity contribution in [2.24, 2.45) is 0 Å². The molecule has 2 aromatic rings. The number of carbonyl (C=O) groups is 1. The lowest BCUT2D eigenvalue weighted by atomic mass is 10.1. The standard InChI is InChI=1S/C13H16N2O2.C2H6/c1-3-7-15(4-2)13(16)10-5-6-12-11(8-10)14-9-17-12;1-2/h5-6,8-9H,3-4,7H2,1-2H3;1-2H3. The van der Waals surface area contributed by atoms with E-state index in [-0.39, 0.29) is 5.91 Å². The number of carbonyl (C=O) groups excluding carboxylic acids is 1. The van der Waals surface area contributed by atoms with Gasteiger partial charge in [-0.3, -0.25) is 4.79 Å². The van der Waals surface area contributed by atoms with Crippen molar-refractivity contribution < 1.29 is 9.21 Å². The van der Waals surface area contributed by atoms with E-state index in [1.54, 1.807) is 18.2 Å². The lowest BCUT2D eigenvalue weighted by molar-refractivity contribution is 0.0764. The van der Waals surface area contributed by atoms with Crippen molar-refractivity contribution in [3.05, 3.63) is 30.2 Å². The minimum absolute atomic E-state index is 0.0549. The van der Waals surface area contributed by atoms with Crippen molar-refractivity contribution in [2.75, 3.05) is 13.1 Å². The van der Waals surface area contributed by atoms with Crippen LogP contribution in [0.5, 0.6) is 0 Å². The van der Waals surface area contributed by atoms with Crippen LogP contribution in [0, 0.1) is 0 Å². The summed E-state index contributed by atoms with van der Waals surface area (Å²) < 4.78 is 5.15. The summed E-state index contributed by atoms with van der Waals surface area (Å²) in [6, 6.07) is 5.35. The van der Waals surface area contributed by atoms with Gasteiger partial charge in [-0.25, -0.2) is 4.98 Å². The highest BCUT2D eigenvalue weighted by Gasteiger charge is 2.14. The zero-order chi connectivity index (χ0) is 14.3. The van der Waals surface area contributed by atoms with E-state index < -0.39 is 0 Å². The molecule has 0 aliphatic rings. The summed E-state index contributed by atoms with van der Waals surface area (Å²) in [6.45, 7) is 9.56. The Morgan fingerprint density at radius 3 is 2.68 bits per heavy atom. The van der Waals surface area contributed by atoms with E-state index in [4.69, 9.17) is 4.42 Å². The van der Waals surface area contributed by atoms with E-state index in [2.05, 4.69) is 11.9 Å². The summed E-state index contributed by atoms with van der Waals surface area (Å²) in [4.78, 5) is 18.1. The first kappa shape index (κ1) is 15.2. The van der Waals surface area contributed by atoms with Crippen LogP contribution >= 0.6 is 0 Å². The van der Waals surface area contributed by atoms with Crippen molar-refractivity contribution in [3.63, 3.8) is 0 Å². The van der Waals surface area contributed by atoms with E-state index >= 15 is 0 Å². The van der Waals surface area contributed by atoms with Crippen LogP contribution in [0.25, 0.3) is 11.1 Å². The monoisotopic (exact) mass is 262 g/mol. The lowest BCUT2D eigenvalue weighted by Gasteiger charge is -2.19. The van der Waals surface area contributed by atoms with E-state index in [0.29, 0.717) is 11.1 Å². The average molecular weight is 262 g/mol. The van der Waals surface area contributed by atoms with Gasteiger partial charge in [0.25, 0.3) is 5.91 Å². The van der Waals surface area contributed by atoms with Crippen LogP contribution in [-0.2, 0) is 0 Å². The van der Waals surface area contributed by atoms with Crippen molar-refractivity contribution >= 4 is 17.0 Å². The number of hydrogen-bond donors (Lipinski definition) is 0. The molecule has 4 nitrogen and oxygen atoms in total. The minimum Gasteiger partial charge on any atom is -0.443 e. The summed E-state index contributed by atoms with van der Waals surface area (Å²) in [5, 5.41) is 0. The molecule has 0 spiro atoms. The van der Waals surface area contributed by atoms with Crippen LogP contribution in [0.15, 0.2) is 29.0 Å². The first-order valence-corrected chi connectivity index (χ1v) is 6.88. The molecule has 2 rings (SSSR count). The third-order valence-corrected chi connectivity index (χ3v) is 2.74. The third kappa shape index (κ3) is 3.56. The molecular formula is C15H22N2O2. The number of aromatic nitrogens is 1. The van der Waals surface area contributed by atoms with E-state index in [0.717, 1.165) is 25.0 Å². The van der Waals surface area contributed by atoms with E-state index in [1.165, 1.54) is 6.39 Å². The predicted octanol–water partition coefficient (Wildman–Crippen LogP) is 3.73. The van der Waals surface area contributed by atoms with Gasteiger partial charge >= 0.3 is 0 Å². The van der Waals surface area contributed by atoms with Gasteiger partial charge in [0.05, 0.1) is 0 Å². The highest BCUT2D eigenvalue weighted by atomic mass is 16.3. The van der Waals surface area contributed by atoms with Crippen LogP contribution < -0.4 is 0 Å². The second-order valence-electron chi connectivity index (χ2n) is 3.92. The van der Waals surface area contributed by atoms with Crippen LogP contribution in [0.3, 0.4) is 0 Å². The molecule has 19 heavy (non-hydrogen) atoms. The van der Waals surface area contributed by atoms with Crippen LogP contribution in [0.4, 0.5) is 0 Å². The Balaban J connectivity index is 0.000000861. The maximum Gasteiger partial charge on any atom is 0.253 e. The molecule has 0 saturated heterocycles. The van der Waals surface area contributed by atoms with Gasteiger partial charge in [0.1, 0.15) is 5.52 Å². The average Bonchev–Trinajstić information content (AvgIpc) is 2.93. The molecule has 104 valence electrons. The quantitative estimate of drug-likeness (QED) is 0.843. The molecule has 0 N–H and O–H groups in total. The molecule has 0 fully saturated rings. The van der Waals surface area contributed by atoms with Gasteiger partial charge in [-0.2, -0.15) is 0 Å². The Morgan fingerprint density at radius 1 is 1.32 bits per heavy atom. The molecule has 0 atom stereocenters. The fraction of sp³-hybridized carbons (Fsp3) is 0.467. The first-order chi connectivity index (χ1) is 9.26. The Morgan fingerprint density at radius 2 is 2.05 bits per heavy atom. The SMILES string of the molecule is CC.CCCN(CC)C(=O)c1ccc2ocnc2c1. The number of oxazole rings is 1. The second kappa shape index (κ2) is 7.56. The Labute approximate surface area is 114 Å². The maximum atomic E-state index is 12.2. The topological polar surface area (TPSA) is 46.3 Å². The molecule has 0 saturated carbocycles. The number of hydrogen-bond acceptors (Lipinski definition) is 3. The Kier molecular flexibility index (Phi) is 6.06. The molecule has 0 aliphatic heterocycles. The molecule has 4 heteroatoms. The summed E-state index contributed by atoms with van der Waals surface area (Å²) >= 11 is 0. The summed E-state index contributed by atoms with van der Waals surface area (Å²) in [7, 11) is 0. The van der Waals surface area contributed by atoms with Crippen LogP contribution in [0.2, 0.25) is 0 Å². The smallest absolute Gasteiger partial charge is 0.253 e. The van der Waals surface area contributed by atoms with Crippen molar-refractivity contribution in [1.82, 2.24) is 9.88 Å². The van der Waals surface area contributed by atoms with Gasteiger partial charge in [0, 0.05) is 18.7 Å². The normalized spacial score (nSPS) is 9.89. The van der Waals surface area contributed by atoms with Crippen LogP contribution in [0.1, 0.15) is 44.5 Å². The number of rotatable bonds is 4. The minimum atomic E-state index is 0.0549. The molecule has 0 bridgehead atoms. The predicted molar refractivity (Wildman–Crippen MR) is 77.2 cm³/mol. The molecule has 1 aromatic heterocycles. The highest BCUT2D eigenvalue weighted by Crippen LogP contribution is 2.15. The van der Waals surface area contributed by atoms with Gasteiger partial charge < -0.3 is 9.32 Å². The molecule has 1 aromatic carbocycles. The van der Waals surface area contributed by atoms with Gasteiger partial charge in [0.15, 0.2) is 12.0 Å². The zero-order valence-electron chi connectivity index (χ0n) is 12.1.